The minimum Gasteiger partial charge on any atom is -0.444 e. The molecular formula is C29H29F3N2O3. The molecule has 1 aliphatic heterocycles. The molecule has 5 nitrogen and oxygen atoms in total. The minimum atomic E-state index is -4.46. The number of pyridine rings is 1. The van der Waals surface area contributed by atoms with Crippen LogP contribution in [0.4, 0.5) is 18.0 Å². The lowest BCUT2D eigenvalue weighted by atomic mass is 9.88. The topological polar surface area (TPSA) is 51.7 Å². The number of piperidine rings is 1. The number of rotatable bonds is 4. The van der Waals surface area contributed by atoms with Gasteiger partial charge in [-0.05, 0) is 68.5 Å². The van der Waals surface area contributed by atoms with Crippen molar-refractivity contribution in [2.45, 2.75) is 45.4 Å². The van der Waals surface area contributed by atoms with E-state index < -0.39 is 17.3 Å². The first kappa shape index (κ1) is 26.3. The number of nitrogens with zero attached hydrogens (tertiary/aromatic N) is 2. The molecule has 1 fully saturated rings. The number of carbonyl (C=O) groups is 1. The summed E-state index contributed by atoms with van der Waals surface area (Å²) in [7, 11) is 0. The zero-order chi connectivity index (χ0) is 26.6. The zero-order valence-corrected chi connectivity index (χ0v) is 21.0. The molecule has 0 N–H and O–H groups in total. The molecule has 2 heterocycles. The van der Waals surface area contributed by atoms with Crippen molar-refractivity contribution in [2.24, 2.45) is 0 Å². The second-order valence-corrected chi connectivity index (χ2v) is 9.82. The predicted molar refractivity (Wildman–Crippen MR) is 135 cm³/mol. The molecule has 0 spiro atoms. The molecule has 1 aliphatic rings. The molecule has 1 saturated heterocycles. The number of ether oxygens (including phenoxy) is 2. The molecule has 1 amide bonds. The number of likely N-dealkylation sites (tertiary alicyclic amines) is 1. The summed E-state index contributed by atoms with van der Waals surface area (Å²) in [6.07, 6.45) is -2.63. The van der Waals surface area contributed by atoms with E-state index in [1.54, 1.807) is 11.0 Å². The molecule has 0 bridgehead atoms. The smallest absolute Gasteiger partial charge is 0.417 e. The van der Waals surface area contributed by atoms with Crippen molar-refractivity contribution in [2.75, 3.05) is 13.1 Å². The van der Waals surface area contributed by atoms with Gasteiger partial charge in [0, 0.05) is 25.4 Å². The Labute approximate surface area is 214 Å². The Kier molecular flexibility index (Phi) is 7.57. The van der Waals surface area contributed by atoms with Gasteiger partial charge in [-0.2, -0.15) is 13.2 Å². The normalized spacial score (nSPS) is 14.3. The maximum atomic E-state index is 12.9. The van der Waals surface area contributed by atoms with Crippen molar-refractivity contribution in [3.05, 3.63) is 95.2 Å². The summed E-state index contributed by atoms with van der Waals surface area (Å²) >= 11 is 0. The molecule has 0 saturated carbocycles. The van der Waals surface area contributed by atoms with Gasteiger partial charge in [0.25, 0.3) is 0 Å². The molecule has 0 unspecified atom stereocenters. The zero-order valence-electron chi connectivity index (χ0n) is 21.0. The molecule has 0 atom stereocenters. The molecule has 1 aromatic heterocycles. The summed E-state index contributed by atoms with van der Waals surface area (Å²) in [4.78, 5) is 18.1. The van der Waals surface area contributed by atoms with Crippen molar-refractivity contribution < 1.29 is 27.4 Å². The van der Waals surface area contributed by atoms with Crippen molar-refractivity contribution in [3.8, 4) is 11.6 Å². The highest BCUT2D eigenvalue weighted by Gasteiger charge is 2.31. The second-order valence-electron chi connectivity index (χ2n) is 9.82. The number of carbonyl (C=O) groups excluding carboxylic acids is 1. The van der Waals surface area contributed by atoms with Crippen molar-refractivity contribution in [1.82, 2.24) is 9.88 Å². The molecular weight excluding hydrogens is 481 g/mol. The molecule has 37 heavy (non-hydrogen) atoms. The molecule has 2 aromatic carbocycles. The first-order valence-corrected chi connectivity index (χ1v) is 12.1. The maximum Gasteiger partial charge on any atom is 0.417 e. The first-order chi connectivity index (χ1) is 17.5. The predicted octanol–water partition coefficient (Wildman–Crippen LogP) is 7.73. The molecule has 194 valence electrons. The quantitative estimate of drug-likeness (QED) is 0.361. The van der Waals surface area contributed by atoms with E-state index in [0.29, 0.717) is 31.7 Å². The number of halogens is 3. The molecule has 8 heteroatoms. The van der Waals surface area contributed by atoms with E-state index >= 15 is 0 Å². The third-order valence-electron chi connectivity index (χ3n) is 5.84. The fourth-order valence-corrected chi connectivity index (χ4v) is 4.16. The first-order valence-electron chi connectivity index (χ1n) is 12.1. The highest BCUT2D eigenvalue weighted by molar-refractivity contribution is 5.83. The molecule has 4 rings (SSSR count). The second kappa shape index (κ2) is 10.7. The van der Waals surface area contributed by atoms with Gasteiger partial charge in [-0.15, -0.1) is 0 Å². The lowest BCUT2D eigenvalue weighted by molar-refractivity contribution is -0.137. The number of amides is 1. The van der Waals surface area contributed by atoms with Crippen LogP contribution in [0.5, 0.6) is 11.6 Å². The Balaban J connectivity index is 1.59. The van der Waals surface area contributed by atoms with Crippen LogP contribution in [0.3, 0.4) is 0 Å². The van der Waals surface area contributed by atoms with Crippen LogP contribution in [0.2, 0.25) is 0 Å². The van der Waals surface area contributed by atoms with Crippen LogP contribution in [-0.2, 0) is 10.9 Å². The summed E-state index contributed by atoms with van der Waals surface area (Å²) in [5, 5.41) is 0. The van der Waals surface area contributed by atoms with Crippen LogP contribution < -0.4 is 4.74 Å². The fourth-order valence-electron chi connectivity index (χ4n) is 4.16. The molecule has 3 aromatic rings. The van der Waals surface area contributed by atoms with Gasteiger partial charge >= 0.3 is 12.3 Å². The Morgan fingerprint density at radius 3 is 2.16 bits per heavy atom. The van der Waals surface area contributed by atoms with Crippen molar-refractivity contribution in [3.63, 3.8) is 0 Å². The summed E-state index contributed by atoms with van der Waals surface area (Å²) in [5.74, 6) is 0.537. The Morgan fingerprint density at radius 2 is 1.57 bits per heavy atom. The van der Waals surface area contributed by atoms with Gasteiger partial charge in [-0.25, -0.2) is 9.78 Å². The Morgan fingerprint density at radius 1 is 0.892 bits per heavy atom. The van der Waals surface area contributed by atoms with E-state index in [2.05, 4.69) is 4.98 Å². The number of alkyl halides is 3. The van der Waals surface area contributed by atoms with Gasteiger partial charge < -0.3 is 14.4 Å². The van der Waals surface area contributed by atoms with E-state index in [1.807, 2.05) is 69.3 Å². The average molecular weight is 511 g/mol. The van der Waals surface area contributed by atoms with Crippen LogP contribution in [0.1, 0.15) is 50.3 Å². The van der Waals surface area contributed by atoms with Crippen LogP contribution in [0.15, 0.2) is 78.5 Å². The van der Waals surface area contributed by atoms with Gasteiger partial charge in [-0.1, -0.05) is 48.0 Å². The highest BCUT2D eigenvalue weighted by Crippen LogP contribution is 2.35. The van der Waals surface area contributed by atoms with Crippen LogP contribution in [-0.4, -0.2) is 34.7 Å². The van der Waals surface area contributed by atoms with Crippen LogP contribution >= 0.6 is 0 Å². The Bertz CT molecular complexity index is 1250. The summed E-state index contributed by atoms with van der Waals surface area (Å²) in [6, 6.07) is 19.5. The van der Waals surface area contributed by atoms with Crippen LogP contribution in [0.25, 0.3) is 5.57 Å². The number of benzene rings is 2. The summed E-state index contributed by atoms with van der Waals surface area (Å²) in [6.45, 7) is 6.65. The fraction of sp³-hybridized carbons (Fsp3) is 0.310. The maximum absolute atomic E-state index is 12.9. The number of hydrogen-bond acceptors (Lipinski definition) is 4. The largest absolute Gasteiger partial charge is 0.444 e. The molecule has 0 aliphatic carbocycles. The monoisotopic (exact) mass is 510 g/mol. The van der Waals surface area contributed by atoms with Crippen molar-refractivity contribution >= 4 is 11.7 Å². The van der Waals surface area contributed by atoms with E-state index in [1.165, 1.54) is 11.6 Å². The van der Waals surface area contributed by atoms with Gasteiger partial charge in [0.05, 0.1) is 5.56 Å². The van der Waals surface area contributed by atoms with E-state index in [4.69, 9.17) is 9.47 Å². The van der Waals surface area contributed by atoms with Gasteiger partial charge in [0.2, 0.25) is 5.88 Å². The lowest BCUT2D eigenvalue weighted by Gasteiger charge is -2.32. The lowest BCUT2D eigenvalue weighted by Crippen LogP contribution is -2.40. The standard InChI is InChI=1S/C29H29F3N2O3/c1-28(2,3)37-27(35)34-16-14-21(15-17-34)26(20-8-5-4-6-9-20)22-10-7-11-24(18-22)36-25-13-12-23(19-33-25)29(30,31)32/h4-13,18-19H,14-17H2,1-3H3. The average Bonchev–Trinajstić information content (AvgIpc) is 2.84. The van der Waals surface area contributed by atoms with Gasteiger partial charge in [0.1, 0.15) is 11.4 Å². The van der Waals surface area contributed by atoms with E-state index in [9.17, 15) is 18.0 Å². The summed E-state index contributed by atoms with van der Waals surface area (Å²) < 4.78 is 49.9. The third kappa shape index (κ3) is 6.90. The summed E-state index contributed by atoms with van der Waals surface area (Å²) in [5.41, 5.74) is 2.82. The highest BCUT2D eigenvalue weighted by atomic mass is 19.4. The number of hydrogen-bond donors (Lipinski definition) is 0. The Hall–Kier alpha value is -3.81. The van der Waals surface area contributed by atoms with E-state index in [0.717, 1.165) is 29.0 Å². The van der Waals surface area contributed by atoms with E-state index in [-0.39, 0.29) is 12.0 Å². The third-order valence-corrected chi connectivity index (χ3v) is 5.84. The van der Waals surface area contributed by atoms with Crippen LogP contribution in [0, 0.1) is 0 Å². The van der Waals surface area contributed by atoms with Crippen molar-refractivity contribution in [1.29, 1.82) is 0 Å². The minimum absolute atomic E-state index is 0.0738. The molecule has 0 radical (unpaired) electrons. The van der Waals surface area contributed by atoms with Gasteiger partial charge in [0.15, 0.2) is 0 Å². The number of aromatic nitrogens is 1. The SMILES string of the molecule is CC(C)(C)OC(=O)N1CCC(=C(c2ccccc2)c2cccc(Oc3ccc(C(F)(F)F)cn3)c2)CC1. The van der Waals surface area contributed by atoms with Gasteiger partial charge in [-0.3, -0.25) is 0 Å².